The van der Waals surface area contributed by atoms with Crippen LogP contribution < -0.4 is 5.73 Å². The molecule has 1 fully saturated rings. The lowest BCUT2D eigenvalue weighted by Gasteiger charge is -2.15. The molecule has 1 aliphatic carbocycles. The summed E-state index contributed by atoms with van der Waals surface area (Å²) in [4.78, 5) is 4.55. The predicted molar refractivity (Wildman–Crippen MR) is 66.6 cm³/mol. The first-order valence-electron chi connectivity index (χ1n) is 5.98. The minimum atomic E-state index is 0.225. The van der Waals surface area contributed by atoms with Gasteiger partial charge in [0.2, 0.25) is 0 Å². The maximum Gasteiger partial charge on any atom is 0.0954 e. The molecule has 1 heterocycles. The summed E-state index contributed by atoms with van der Waals surface area (Å²) >= 11 is 1.72. The van der Waals surface area contributed by atoms with Gasteiger partial charge in [-0.3, -0.25) is 0 Å². The molecule has 1 aromatic rings. The highest BCUT2D eigenvalue weighted by atomic mass is 32.1. The fourth-order valence-corrected chi connectivity index (χ4v) is 2.83. The van der Waals surface area contributed by atoms with Gasteiger partial charge in [0.15, 0.2) is 0 Å². The lowest BCUT2D eigenvalue weighted by Crippen LogP contribution is -2.31. The van der Waals surface area contributed by atoms with Crippen LogP contribution in [0.1, 0.15) is 49.7 Å². The van der Waals surface area contributed by atoms with E-state index in [-0.39, 0.29) is 12.1 Å². The molecular weight excluding hydrogens is 220 g/mol. The Morgan fingerprint density at radius 3 is 2.94 bits per heavy atom. The van der Waals surface area contributed by atoms with Crippen molar-refractivity contribution in [1.82, 2.24) is 4.98 Å². The van der Waals surface area contributed by atoms with E-state index >= 15 is 0 Å². The van der Waals surface area contributed by atoms with Crippen LogP contribution in [-0.2, 0) is 11.3 Å². The molecule has 16 heavy (non-hydrogen) atoms. The summed E-state index contributed by atoms with van der Waals surface area (Å²) in [5.74, 6) is 0.507. The van der Waals surface area contributed by atoms with Crippen LogP contribution in [0.3, 0.4) is 0 Å². The smallest absolute Gasteiger partial charge is 0.0954 e. The van der Waals surface area contributed by atoms with E-state index in [1.165, 1.54) is 11.4 Å². The highest BCUT2D eigenvalue weighted by molar-refractivity contribution is 7.09. The van der Waals surface area contributed by atoms with Crippen molar-refractivity contribution in [3.05, 3.63) is 16.1 Å². The average molecular weight is 240 g/mol. The number of aromatic nitrogens is 1. The van der Waals surface area contributed by atoms with Crippen molar-refractivity contribution in [3.63, 3.8) is 0 Å². The van der Waals surface area contributed by atoms with Crippen LogP contribution in [0, 0.1) is 0 Å². The van der Waals surface area contributed by atoms with Crippen molar-refractivity contribution in [2.24, 2.45) is 5.73 Å². The number of ether oxygens (including phenoxy) is 1. The summed E-state index contributed by atoms with van der Waals surface area (Å²) in [6, 6.07) is 0.225. The first kappa shape index (κ1) is 12.0. The first-order chi connectivity index (χ1) is 7.66. The van der Waals surface area contributed by atoms with Crippen LogP contribution in [0.25, 0.3) is 0 Å². The van der Waals surface area contributed by atoms with Crippen LogP contribution in [0.15, 0.2) is 5.38 Å². The van der Waals surface area contributed by atoms with E-state index in [9.17, 15) is 0 Å². The van der Waals surface area contributed by atoms with Gasteiger partial charge in [-0.25, -0.2) is 4.98 Å². The second-order valence-corrected chi connectivity index (χ2v) is 5.67. The highest BCUT2D eigenvalue weighted by Gasteiger charge is 2.24. The van der Waals surface area contributed by atoms with E-state index < -0.39 is 0 Å². The molecule has 0 saturated heterocycles. The van der Waals surface area contributed by atoms with Gasteiger partial charge in [-0.05, 0) is 19.3 Å². The van der Waals surface area contributed by atoms with Crippen LogP contribution >= 0.6 is 11.3 Å². The van der Waals surface area contributed by atoms with Gasteiger partial charge in [-0.1, -0.05) is 13.8 Å². The van der Waals surface area contributed by atoms with E-state index in [0.717, 1.165) is 18.5 Å². The van der Waals surface area contributed by atoms with Crippen LogP contribution in [0.5, 0.6) is 0 Å². The zero-order valence-electron chi connectivity index (χ0n) is 9.98. The largest absolute Gasteiger partial charge is 0.370 e. The number of hydrogen-bond acceptors (Lipinski definition) is 4. The molecule has 0 radical (unpaired) electrons. The number of rotatable bonds is 4. The van der Waals surface area contributed by atoms with Gasteiger partial charge in [0, 0.05) is 17.3 Å². The molecule has 2 unspecified atom stereocenters. The Balaban J connectivity index is 1.84. The standard InChI is InChI=1S/C12H20N2OS/c1-8(2)12-14-9(7-16-12)6-15-11-5-3-4-10(11)13/h7-8,10-11H,3-6,13H2,1-2H3. The summed E-state index contributed by atoms with van der Waals surface area (Å²) in [7, 11) is 0. The Kier molecular flexibility index (Phi) is 3.95. The SMILES string of the molecule is CC(C)c1nc(COC2CCCC2N)cs1. The van der Waals surface area contributed by atoms with Gasteiger partial charge in [0.1, 0.15) is 0 Å². The van der Waals surface area contributed by atoms with Crippen molar-refractivity contribution < 1.29 is 4.74 Å². The van der Waals surface area contributed by atoms with Gasteiger partial charge >= 0.3 is 0 Å². The van der Waals surface area contributed by atoms with Crippen molar-refractivity contribution >= 4 is 11.3 Å². The molecule has 1 aliphatic rings. The number of nitrogens with two attached hydrogens (primary N) is 1. The highest BCUT2D eigenvalue weighted by Crippen LogP contribution is 2.23. The predicted octanol–water partition coefficient (Wildman–Crippen LogP) is 2.66. The average Bonchev–Trinajstić information content (AvgIpc) is 2.83. The molecule has 90 valence electrons. The molecule has 0 bridgehead atoms. The quantitative estimate of drug-likeness (QED) is 0.880. The molecular formula is C12H20N2OS. The van der Waals surface area contributed by atoms with Crippen LogP contribution in [-0.4, -0.2) is 17.1 Å². The first-order valence-corrected chi connectivity index (χ1v) is 6.86. The molecule has 0 aliphatic heterocycles. The molecule has 2 atom stereocenters. The summed E-state index contributed by atoms with van der Waals surface area (Å²) in [6.07, 6.45) is 3.63. The Labute approximate surface area is 101 Å². The lowest BCUT2D eigenvalue weighted by atomic mass is 10.2. The molecule has 2 N–H and O–H groups in total. The third kappa shape index (κ3) is 2.81. The molecule has 4 heteroatoms. The zero-order valence-corrected chi connectivity index (χ0v) is 10.8. The van der Waals surface area contributed by atoms with Gasteiger partial charge < -0.3 is 10.5 Å². The minimum Gasteiger partial charge on any atom is -0.370 e. The number of thiazole rings is 1. The third-order valence-corrected chi connectivity index (χ3v) is 4.21. The van der Waals surface area contributed by atoms with Crippen molar-refractivity contribution in [3.8, 4) is 0 Å². The molecule has 1 saturated carbocycles. The number of hydrogen-bond donors (Lipinski definition) is 1. The molecule has 1 aromatic heterocycles. The fourth-order valence-electron chi connectivity index (χ4n) is 2.01. The normalized spacial score (nSPS) is 25.5. The van der Waals surface area contributed by atoms with Crippen molar-refractivity contribution in [1.29, 1.82) is 0 Å². The molecule has 2 rings (SSSR count). The maximum absolute atomic E-state index is 5.95. The maximum atomic E-state index is 5.95. The Morgan fingerprint density at radius 2 is 2.38 bits per heavy atom. The van der Waals surface area contributed by atoms with Gasteiger partial charge in [-0.2, -0.15) is 0 Å². The van der Waals surface area contributed by atoms with E-state index in [1.807, 2.05) is 0 Å². The van der Waals surface area contributed by atoms with Gasteiger partial charge in [0.25, 0.3) is 0 Å². The molecule has 3 nitrogen and oxygen atoms in total. The van der Waals surface area contributed by atoms with Crippen molar-refractivity contribution in [2.75, 3.05) is 0 Å². The second-order valence-electron chi connectivity index (χ2n) is 4.78. The fraction of sp³-hybridized carbons (Fsp3) is 0.750. The molecule has 0 amide bonds. The summed E-state index contributed by atoms with van der Waals surface area (Å²) in [6.45, 7) is 4.94. The number of nitrogens with zero attached hydrogens (tertiary/aromatic N) is 1. The van der Waals surface area contributed by atoms with E-state index in [0.29, 0.717) is 12.5 Å². The van der Waals surface area contributed by atoms with E-state index in [2.05, 4.69) is 24.2 Å². The second kappa shape index (κ2) is 5.25. The van der Waals surface area contributed by atoms with Gasteiger partial charge in [-0.15, -0.1) is 11.3 Å². The Hall–Kier alpha value is -0.450. The zero-order chi connectivity index (χ0) is 11.5. The Morgan fingerprint density at radius 1 is 1.56 bits per heavy atom. The van der Waals surface area contributed by atoms with Gasteiger partial charge in [0.05, 0.1) is 23.4 Å². The van der Waals surface area contributed by atoms with Crippen LogP contribution in [0.4, 0.5) is 0 Å². The summed E-state index contributed by atoms with van der Waals surface area (Å²) in [5.41, 5.74) is 7.00. The van der Waals surface area contributed by atoms with E-state index in [1.54, 1.807) is 11.3 Å². The summed E-state index contributed by atoms with van der Waals surface area (Å²) in [5, 5.41) is 3.28. The molecule has 0 spiro atoms. The third-order valence-electron chi connectivity index (χ3n) is 3.01. The topological polar surface area (TPSA) is 48.1 Å². The molecule has 0 aromatic carbocycles. The van der Waals surface area contributed by atoms with Crippen LogP contribution in [0.2, 0.25) is 0 Å². The monoisotopic (exact) mass is 240 g/mol. The van der Waals surface area contributed by atoms with E-state index in [4.69, 9.17) is 10.5 Å². The van der Waals surface area contributed by atoms with Crippen molar-refractivity contribution in [2.45, 2.75) is 57.8 Å². The lowest BCUT2D eigenvalue weighted by molar-refractivity contribution is 0.0341. The summed E-state index contributed by atoms with van der Waals surface area (Å²) < 4.78 is 5.81. The minimum absolute atomic E-state index is 0.225. The Bertz CT molecular complexity index is 338.